The normalized spacial score (nSPS) is 15.9. The lowest BCUT2D eigenvalue weighted by atomic mass is 10.3. The lowest BCUT2D eigenvalue weighted by Gasteiger charge is -2.11. The molecular weight excluding hydrogens is 256 g/mol. The molecule has 0 bridgehead atoms. The average Bonchev–Trinajstić information content (AvgIpc) is 3.19. The predicted octanol–water partition coefficient (Wildman–Crippen LogP) is 3.49. The third-order valence-electron chi connectivity index (χ3n) is 3.20. The Hall–Kier alpha value is -2.04. The molecule has 1 aliphatic rings. The summed E-state index contributed by atoms with van der Waals surface area (Å²) in [6, 6.07) is 7.52. The Labute approximate surface area is 117 Å². The quantitative estimate of drug-likeness (QED) is 0.807. The Morgan fingerprint density at radius 2 is 1.95 bits per heavy atom. The summed E-state index contributed by atoms with van der Waals surface area (Å²) >= 11 is 0. The van der Waals surface area contributed by atoms with Gasteiger partial charge in [0, 0.05) is 5.92 Å². The first-order valence-electron chi connectivity index (χ1n) is 6.99. The van der Waals surface area contributed by atoms with Gasteiger partial charge in [-0.3, -0.25) is 0 Å². The van der Waals surface area contributed by atoms with Gasteiger partial charge >= 0.3 is 0 Å². The number of ether oxygens (including phenoxy) is 2. The Morgan fingerprint density at radius 1 is 1.25 bits per heavy atom. The van der Waals surface area contributed by atoms with Crippen LogP contribution in [0.3, 0.4) is 0 Å². The van der Waals surface area contributed by atoms with E-state index >= 15 is 0 Å². The van der Waals surface area contributed by atoms with Crippen LogP contribution in [0, 0.1) is 0 Å². The van der Waals surface area contributed by atoms with Gasteiger partial charge in [0.2, 0.25) is 0 Å². The van der Waals surface area contributed by atoms with E-state index < -0.39 is 0 Å². The maximum Gasteiger partial charge on any atom is 0.267 e. The summed E-state index contributed by atoms with van der Waals surface area (Å²) in [7, 11) is 0. The van der Waals surface area contributed by atoms with Gasteiger partial charge in [0.05, 0.1) is 6.61 Å². The molecule has 1 atom stereocenters. The first-order chi connectivity index (χ1) is 9.76. The number of rotatable bonds is 6. The predicted molar refractivity (Wildman–Crippen MR) is 72.9 cm³/mol. The fourth-order valence-electron chi connectivity index (χ4n) is 1.96. The number of hydrogen-bond acceptors (Lipinski definition) is 5. The Morgan fingerprint density at radius 3 is 2.60 bits per heavy atom. The minimum absolute atomic E-state index is 0.257. The molecule has 0 amide bonds. The van der Waals surface area contributed by atoms with E-state index in [9.17, 15) is 0 Å². The van der Waals surface area contributed by atoms with Crippen LogP contribution in [0.2, 0.25) is 0 Å². The van der Waals surface area contributed by atoms with E-state index in [4.69, 9.17) is 14.0 Å². The maximum absolute atomic E-state index is 5.80. The fraction of sp³-hybridized carbons (Fsp3) is 0.467. The fourth-order valence-corrected chi connectivity index (χ4v) is 1.96. The highest BCUT2D eigenvalue weighted by atomic mass is 16.5. The number of aromatic nitrogens is 2. The van der Waals surface area contributed by atoms with Crippen molar-refractivity contribution in [2.45, 2.75) is 38.7 Å². The van der Waals surface area contributed by atoms with Gasteiger partial charge in [0.25, 0.3) is 5.89 Å². The molecule has 1 aromatic heterocycles. The highest BCUT2D eigenvalue weighted by Gasteiger charge is 2.29. The zero-order chi connectivity index (χ0) is 13.9. The van der Waals surface area contributed by atoms with Crippen LogP contribution in [-0.4, -0.2) is 16.7 Å². The van der Waals surface area contributed by atoms with Crippen LogP contribution < -0.4 is 9.47 Å². The van der Waals surface area contributed by atoms with Crippen LogP contribution in [-0.2, 0) is 0 Å². The zero-order valence-corrected chi connectivity index (χ0v) is 11.7. The molecule has 0 saturated heterocycles. The first-order valence-corrected chi connectivity index (χ1v) is 6.99. The third kappa shape index (κ3) is 2.92. The molecule has 0 radical (unpaired) electrons. The van der Waals surface area contributed by atoms with Crippen molar-refractivity contribution in [3.63, 3.8) is 0 Å². The van der Waals surface area contributed by atoms with Crippen molar-refractivity contribution in [1.29, 1.82) is 0 Å². The monoisotopic (exact) mass is 274 g/mol. The molecule has 1 fully saturated rings. The summed E-state index contributed by atoms with van der Waals surface area (Å²) in [4.78, 5) is 4.39. The van der Waals surface area contributed by atoms with Gasteiger partial charge in [-0.05, 0) is 51.0 Å². The molecule has 1 aromatic carbocycles. The summed E-state index contributed by atoms with van der Waals surface area (Å²) in [6.45, 7) is 4.52. The van der Waals surface area contributed by atoms with Gasteiger partial charge in [-0.15, -0.1) is 0 Å². The number of nitrogens with zero attached hydrogens (tertiary/aromatic N) is 2. The highest BCUT2D eigenvalue weighted by Crippen LogP contribution is 2.38. The van der Waals surface area contributed by atoms with Gasteiger partial charge in [0.15, 0.2) is 11.9 Å². The second-order valence-electron chi connectivity index (χ2n) is 4.93. The molecule has 5 heteroatoms. The molecule has 0 N–H and O–H groups in total. The van der Waals surface area contributed by atoms with E-state index in [1.54, 1.807) is 0 Å². The highest BCUT2D eigenvalue weighted by molar-refractivity contribution is 5.31. The summed E-state index contributed by atoms with van der Waals surface area (Å²) < 4.78 is 16.4. The van der Waals surface area contributed by atoms with Gasteiger partial charge in [-0.25, -0.2) is 0 Å². The molecule has 0 aliphatic heterocycles. The van der Waals surface area contributed by atoms with Gasteiger partial charge in [0.1, 0.15) is 11.5 Å². The summed E-state index contributed by atoms with van der Waals surface area (Å²) in [6.07, 6.45) is 2.06. The van der Waals surface area contributed by atoms with Crippen molar-refractivity contribution in [3.05, 3.63) is 36.0 Å². The standard InChI is InChI=1S/C15H18N2O3/c1-3-18-12-6-8-13(9-7-12)19-10(2)15-16-14(17-20-15)11-4-5-11/h6-11H,3-5H2,1-2H3. The zero-order valence-electron chi connectivity index (χ0n) is 11.7. The lowest BCUT2D eigenvalue weighted by molar-refractivity contribution is 0.175. The van der Waals surface area contributed by atoms with E-state index in [2.05, 4.69) is 10.1 Å². The topological polar surface area (TPSA) is 57.4 Å². The Bertz CT molecular complexity index is 561. The van der Waals surface area contributed by atoms with Crippen LogP contribution in [0.25, 0.3) is 0 Å². The van der Waals surface area contributed by atoms with Crippen LogP contribution >= 0.6 is 0 Å². The summed E-state index contributed by atoms with van der Waals surface area (Å²) in [5.74, 6) is 3.42. The van der Waals surface area contributed by atoms with Crippen molar-refractivity contribution < 1.29 is 14.0 Å². The lowest BCUT2D eigenvalue weighted by Crippen LogP contribution is -2.03. The largest absolute Gasteiger partial charge is 0.494 e. The molecule has 3 rings (SSSR count). The Kier molecular flexibility index (Phi) is 3.58. The van der Waals surface area contributed by atoms with Crippen LogP contribution in [0.15, 0.2) is 28.8 Å². The van der Waals surface area contributed by atoms with E-state index in [0.29, 0.717) is 18.4 Å². The molecule has 1 unspecified atom stereocenters. The molecule has 1 aliphatic carbocycles. The van der Waals surface area contributed by atoms with E-state index in [1.165, 1.54) is 0 Å². The molecule has 5 nitrogen and oxygen atoms in total. The van der Waals surface area contributed by atoms with Gasteiger partial charge in [-0.2, -0.15) is 4.98 Å². The number of benzene rings is 1. The number of hydrogen-bond donors (Lipinski definition) is 0. The van der Waals surface area contributed by atoms with E-state index in [-0.39, 0.29) is 6.10 Å². The third-order valence-corrected chi connectivity index (χ3v) is 3.20. The van der Waals surface area contributed by atoms with Crippen molar-refractivity contribution in [1.82, 2.24) is 10.1 Å². The van der Waals surface area contributed by atoms with Crippen molar-refractivity contribution >= 4 is 0 Å². The molecule has 2 aromatic rings. The van der Waals surface area contributed by atoms with Crippen molar-refractivity contribution in [2.24, 2.45) is 0 Å². The SMILES string of the molecule is CCOc1ccc(OC(C)c2nc(C3CC3)no2)cc1. The van der Waals surface area contributed by atoms with Crippen LogP contribution in [0.5, 0.6) is 11.5 Å². The molecule has 106 valence electrons. The van der Waals surface area contributed by atoms with Gasteiger partial charge in [-0.1, -0.05) is 5.16 Å². The van der Waals surface area contributed by atoms with Crippen LogP contribution in [0.4, 0.5) is 0 Å². The van der Waals surface area contributed by atoms with Gasteiger partial charge < -0.3 is 14.0 Å². The molecular formula is C15H18N2O3. The maximum atomic E-state index is 5.80. The van der Waals surface area contributed by atoms with E-state index in [0.717, 1.165) is 30.2 Å². The summed E-state index contributed by atoms with van der Waals surface area (Å²) in [5.41, 5.74) is 0. The smallest absolute Gasteiger partial charge is 0.267 e. The second-order valence-corrected chi connectivity index (χ2v) is 4.93. The minimum atomic E-state index is -0.257. The van der Waals surface area contributed by atoms with Crippen LogP contribution in [0.1, 0.15) is 50.4 Å². The summed E-state index contributed by atoms with van der Waals surface area (Å²) in [5, 5.41) is 3.99. The van der Waals surface area contributed by atoms with Crippen molar-refractivity contribution in [3.8, 4) is 11.5 Å². The minimum Gasteiger partial charge on any atom is -0.494 e. The Balaban J connectivity index is 1.63. The molecule has 0 spiro atoms. The molecule has 20 heavy (non-hydrogen) atoms. The molecule has 1 heterocycles. The molecule has 1 saturated carbocycles. The second kappa shape index (κ2) is 5.53. The first kappa shape index (κ1) is 13.0. The van der Waals surface area contributed by atoms with E-state index in [1.807, 2.05) is 38.1 Å². The average molecular weight is 274 g/mol. The van der Waals surface area contributed by atoms with Crippen molar-refractivity contribution in [2.75, 3.05) is 6.61 Å².